The van der Waals surface area contributed by atoms with Gasteiger partial charge in [-0.3, -0.25) is 4.79 Å². The second-order valence-corrected chi connectivity index (χ2v) is 6.74. The van der Waals surface area contributed by atoms with Gasteiger partial charge in [-0.2, -0.15) is 0 Å². The summed E-state index contributed by atoms with van der Waals surface area (Å²) >= 11 is 4.97. The van der Waals surface area contributed by atoms with E-state index in [1.54, 1.807) is 0 Å². The lowest BCUT2D eigenvalue weighted by atomic mass is 10.2. The zero-order valence-electron chi connectivity index (χ0n) is 11.0. The van der Waals surface area contributed by atoms with Gasteiger partial charge in [-0.1, -0.05) is 30.3 Å². The van der Waals surface area contributed by atoms with Gasteiger partial charge < -0.3 is 4.90 Å². The van der Waals surface area contributed by atoms with Crippen LogP contribution in [0.25, 0.3) is 0 Å². The van der Waals surface area contributed by atoms with Gasteiger partial charge in [0.25, 0.3) is 5.91 Å². The second-order valence-electron chi connectivity index (χ2n) is 4.37. The van der Waals surface area contributed by atoms with Crippen molar-refractivity contribution < 1.29 is 4.79 Å². The van der Waals surface area contributed by atoms with E-state index in [0.717, 1.165) is 19.8 Å². The minimum Gasteiger partial charge on any atom is -0.334 e. The summed E-state index contributed by atoms with van der Waals surface area (Å²) in [4.78, 5) is 15.1. The summed E-state index contributed by atoms with van der Waals surface area (Å²) < 4.78 is 1.03. The molecule has 1 amide bonds. The highest BCUT2D eigenvalue weighted by Gasteiger charge is 2.17. The Hall–Kier alpha value is -1.13. The highest BCUT2D eigenvalue weighted by Crippen LogP contribution is 2.28. The van der Waals surface area contributed by atoms with Gasteiger partial charge in [-0.25, -0.2) is 0 Å². The summed E-state index contributed by atoms with van der Waals surface area (Å²) in [7, 11) is 0. The largest absolute Gasteiger partial charge is 0.334 e. The first kappa shape index (κ1) is 14.3. The normalized spacial score (nSPS) is 10.5. The number of halogens is 1. The van der Waals surface area contributed by atoms with Crippen LogP contribution in [0.4, 0.5) is 0 Å². The van der Waals surface area contributed by atoms with Gasteiger partial charge in [-0.05, 0) is 47.0 Å². The molecule has 0 N–H and O–H groups in total. The number of carbonyl (C=O) groups excluding carboxylic acids is 1. The molecule has 0 unspecified atom stereocenters. The van der Waals surface area contributed by atoms with Crippen LogP contribution in [0.5, 0.6) is 0 Å². The molecular formula is C15H16BrNOS. The van der Waals surface area contributed by atoms with Crippen LogP contribution in [0.3, 0.4) is 0 Å². The molecule has 100 valence electrons. The summed E-state index contributed by atoms with van der Waals surface area (Å²) in [6.07, 6.45) is 0. The fourth-order valence-corrected chi connectivity index (χ4v) is 3.35. The monoisotopic (exact) mass is 337 g/mol. The van der Waals surface area contributed by atoms with Crippen molar-refractivity contribution in [2.75, 3.05) is 6.54 Å². The van der Waals surface area contributed by atoms with Gasteiger partial charge in [-0.15, -0.1) is 11.3 Å². The number of carbonyl (C=O) groups is 1. The molecule has 0 saturated heterocycles. The lowest BCUT2D eigenvalue weighted by molar-refractivity contribution is 0.0757. The molecule has 1 aromatic carbocycles. The highest BCUT2D eigenvalue weighted by molar-refractivity contribution is 9.11. The van der Waals surface area contributed by atoms with Gasteiger partial charge >= 0.3 is 0 Å². The van der Waals surface area contributed by atoms with Crippen LogP contribution in [0, 0.1) is 6.92 Å². The van der Waals surface area contributed by atoms with Crippen LogP contribution < -0.4 is 0 Å². The van der Waals surface area contributed by atoms with Crippen molar-refractivity contribution in [1.82, 2.24) is 4.90 Å². The maximum absolute atomic E-state index is 12.5. The van der Waals surface area contributed by atoms with E-state index in [1.165, 1.54) is 11.3 Å². The molecule has 2 nitrogen and oxygen atoms in total. The van der Waals surface area contributed by atoms with E-state index in [4.69, 9.17) is 0 Å². The number of amides is 1. The Morgan fingerprint density at radius 3 is 2.53 bits per heavy atom. The van der Waals surface area contributed by atoms with E-state index < -0.39 is 0 Å². The van der Waals surface area contributed by atoms with Crippen molar-refractivity contribution in [1.29, 1.82) is 0 Å². The molecule has 0 fully saturated rings. The number of hydrogen-bond acceptors (Lipinski definition) is 2. The molecule has 4 heteroatoms. The quantitative estimate of drug-likeness (QED) is 0.805. The molecule has 0 radical (unpaired) electrons. The molecule has 2 rings (SSSR count). The predicted molar refractivity (Wildman–Crippen MR) is 83.6 cm³/mol. The minimum atomic E-state index is 0.102. The van der Waals surface area contributed by atoms with Crippen molar-refractivity contribution in [3.05, 3.63) is 56.2 Å². The van der Waals surface area contributed by atoms with E-state index in [9.17, 15) is 4.79 Å². The van der Waals surface area contributed by atoms with E-state index in [2.05, 4.69) is 15.9 Å². The topological polar surface area (TPSA) is 20.3 Å². The molecule has 0 atom stereocenters. The maximum atomic E-state index is 12.5. The summed E-state index contributed by atoms with van der Waals surface area (Å²) in [5, 5.41) is 0. The summed E-state index contributed by atoms with van der Waals surface area (Å²) in [5.41, 5.74) is 2.27. The van der Waals surface area contributed by atoms with E-state index in [-0.39, 0.29) is 5.91 Å². The number of benzene rings is 1. The maximum Gasteiger partial charge on any atom is 0.264 e. The molecule has 0 aliphatic heterocycles. The molecular weight excluding hydrogens is 322 g/mol. The highest BCUT2D eigenvalue weighted by atomic mass is 79.9. The molecule has 0 aliphatic rings. The van der Waals surface area contributed by atoms with Gasteiger partial charge in [0.2, 0.25) is 0 Å². The molecule has 0 spiro atoms. The molecule has 2 aromatic rings. The standard InChI is InChI=1S/C15H16BrNOS/c1-3-17(10-12-7-5-4-6-8-12)15(18)13-9-11(2)14(16)19-13/h4-9H,3,10H2,1-2H3. The third-order valence-electron chi connectivity index (χ3n) is 2.95. The molecule has 1 heterocycles. The van der Waals surface area contributed by atoms with Crippen molar-refractivity contribution in [3.63, 3.8) is 0 Å². The van der Waals surface area contributed by atoms with Crippen molar-refractivity contribution in [2.45, 2.75) is 20.4 Å². The lowest BCUT2D eigenvalue weighted by Crippen LogP contribution is -2.29. The minimum absolute atomic E-state index is 0.102. The fourth-order valence-electron chi connectivity index (χ4n) is 1.85. The number of aryl methyl sites for hydroxylation is 1. The summed E-state index contributed by atoms with van der Waals surface area (Å²) in [5.74, 6) is 0.102. The van der Waals surface area contributed by atoms with Gasteiger partial charge in [0.1, 0.15) is 0 Å². The van der Waals surface area contributed by atoms with Crippen LogP contribution in [-0.2, 0) is 6.54 Å². The predicted octanol–water partition coefficient (Wildman–Crippen LogP) is 4.48. The molecule has 0 aliphatic carbocycles. The van der Waals surface area contributed by atoms with Crippen molar-refractivity contribution in [2.24, 2.45) is 0 Å². The SMILES string of the molecule is CCN(Cc1ccccc1)C(=O)c1cc(C)c(Br)s1. The summed E-state index contributed by atoms with van der Waals surface area (Å²) in [6.45, 7) is 5.38. The Labute approximate surface area is 126 Å². The van der Waals surface area contributed by atoms with Crippen LogP contribution in [0.2, 0.25) is 0 Å². The van der Waals surface area contributed by atoms with Crippen molar-refractivity contribution >= 4 is 33.2 Å². The van der Waals surface area contributed by atoms with Gasteiger partial charge in [0.05, 0.1) is 8.66 Å². The Kier molecular flexibility index (Phi) is 4.77. The first-order chi connectivity index (χ1) is 9.11. The first-order valence-corrected chi connectivity index (χ1v) is 7.82. The van der Waals surface area contributed by atoms with E-state index >= 15 is 0 Å². The molecule has 0 bridgehead atoms. The Morgan fingerprint density at radius 1 is 1.32 bits per heavy atom. The zero-order chi connectivity index (χ0) is 13.8. The third-order valence-corrected chi connectivity index (χ3v) is 5.08. The average Bonchev–Trinajstić information content (AvgIpc) is 2.76. The van der Waals surface area contributed by atoms with Crippen LogP contribution in [0.15, 0.2) is 40.2 Å². The zero-order valence-corrected chi connectivity index (χ0v) is 13.4. The van der Waals surface area contributed by atoms with E-state index in [1.807, 2.05) is 55.1 Å². The third kappa shape index (κ3) is 3.45. The Balaban J connectivity index is 2.15. The van der Waals surface area contributed by atoms with Crippen molar-refractivity contribution in [3.8, 4) is 0 Å². The van der Waals surface area contributed by atoms with Crippen LogP contribution in [-0.4, -0.2) is 17.4 Å². The number of nitrogens with zero attached hydrogens (tertiary/aromatic N) is 1. The van der Waals surface area contributed by atoms with E-state index in [0.29, 0.717) is 13.1 Å². The number of rotatable bonds is 4. The lowest BCUT2D eigenvalue weighted by Gasteiger charge is -2.20. The van der Waals surface area contributed by atoms with Gasteiger partial charge in [0, 0.05) is 13.1 Å². The second kappa shape index (κ2) is 6.35. The average molecular weight is 338 g/mol. The fraction of sp³-hybridized carbons (Fsp3) is 0.267. The summed E-state index contributed by atoms with van der Waals surface area (Å²) in [6, 6.07) is 12.0. The van der Waals surface area contributed by atoms with Crippen LogP contribution in [0.1, 0.15) is 27.7 Å². The Bertz CT molecular complexity index is 545. The molecule has 1 aromatic heterocycles. The smallest absolute Gasteiger partial charge is 0.264 e. The Morgan fingerprint density at radius 2 is 2.00 bits per heavy atom. The van der Waals surface area contributed by atoms with Gasteiger partial charge in [0.15, 0.2) is 0 Å². The molecule has 19 heavy (non-hydrogen) atoms. The number of thiophene rings is 1. The van der Waals surface area contributed by atoms with Crippen LogP contribution >= 0.6 is 27.3 Å². The molecule has 0 saturated carbocycles. The first-order valence-electron chi connectivity index (χ1n) is 6.21. The number of hydrogen-bond donors (Lipinski definition) is 0.